The van der Waals surface area contributed by atoms with Gasteiger partial charge in [-0.1, -0.05) is 36.4 Å². The predicted molar refractivity (Wildman–Crippen MR) is 75.5 cm³/mol. The summed E-state index contributed by atoms with van der Waals surface area (Å²) >= 11 is 0. The fourth-order valence-electron chi connectivity index (χ4n) is 2.33. The zero-order chi connectivity index (χ0) is 12.5. The first-order chi connectivity index (χ1) is 8.72. The molecular formula is C17H15O+. The molecule has 0 fully saturated rings. The number of benzene rings is 2. The van der Waals surface area contributed by atoms with E-state index < -0.39 is 0 Å². The largest absolute Gasteiger partial charge is 0.327 e. The molecule has 88 valence electrons. The van der Waals surface area contributed by atoms with Crippen molar-refractivity contribution in [2.24, 2.45) is 0 Å². The van der Waals surface area contributed by atoms with Crippen LogP contribution in [-0.4, -0.2) is 0 Å². The van der Waals surface area contributed by atoms with Crippen LogP contribution in [0.1, 0.15) is 11.5 Å². The maximum absolute atomic E-state index is 5.53. The van der Waals surface area contributed by atoms with Crippen molar-refractivity contribution in [2.75, 3.05) is 0 Å². The molecule has 0 aliphatic rings. The van der Waals surface area contributed by atoms with Gasteiger partial charge >= 0.3 is 11.5 Å². The third kappa shape index (κ3) is 2.00. The Morgan fingerprint density at radius 1 is 0.667 bits per heavy atom. The lowest BCUT2D eigenvalue weighted by Gasteiger charge is -2.03. The molecule has 1 aromatic heterocycles. The standard InChI is InChI=1S/C17H15O/c1-12-9-17(10-13(2)18-12)16-8-7-14-5-3-4-6-15(14)11-16/h3-11H,1-2H3/q+1. The van der Waals surface area contributed by atoms with Gasteiger partial charge in [0.05, 0.1) is 13.8 Å². The van der Waals surface area contributed by atoms with Gasteiger partial charge in [0.15, 0.2) is 0 Å². The van der Waals surface area contributed by atoms with Gasteiger partial charge in [-0.2, -0.15) is 0 Å². The van der Waals surface area contributed by atoms with Crippen LogP contribution in [0, 0.1) is 13.8 Å². The first-order valence-electron chi connectivity index (χ1n) is 6.13. The van der Waals surface area contributed by atoms with Gasteiger partial charge in [0.25, 0.3) is 0 Å². The van der Waals surface area contributed by atoms with Crippen LogP contribution in [0.4, 0.5) is 0 Å². The van der Waals surface area contributed by atoms with Crippen molar-refractivity contribution in [3.05, 3.63) is 66.1 Å². The number of hydrogen-bond donors (Lipinski definition) is 0. The van der Waals surface area contributed by atoms with E-state index in [2.05, 4.69) is 54.6 Å². The van der Waals surface area contributed by atoms with E-state index in [0.29, 0.717) is 0 Å². The molecular weight excluding hydrogens is 220 g/mol. The molecule has 1 nitrogen and oxygen atoms in total. The molecule has 0 amide bonds. The molecule has 0 saturated carbocycles. The molecule has 0 saturated heterocycles. The summed E-state index contributed by atoms with van der Waals surface area (Å²) < 4.78 is 5.53. The Bertz CT molecular complexity index is 693. The van der Waals surface area contributed by atoms with Crippen molar-refractivity contribution in [3.8, 4) is 11.1 Å². The summed E-state index contributed by atoms with van der Waals surface area (Å²) in [5, 5.41) is 2.54. The SMILES string of the molecule is Cc1cc(-c2ccc3ccccc3c2)cc(C)[o+]1. The summed E-state index contributed by atoms with van der Waals surface area (Å²) in [6.07, 6.45) is 0. The number of hydrogen-bond acceptors (Lipinski definition) is 0. The van der Waals surface area contributed by atoms with Gasteiger partial charge in [0.1, 0.15) is 0 Å². The normalized spacial score (nSPS) is 10.8. The lowest BCUT2D eigenvalue weighted by atomic mass is 10.0. The minimum Gasteiger partial charge on any atom is -0.218 e. The van der Waals surface area contributed by atoms with E-state index in [9.17, 15) is 0 Å². The smallest absolute Gasteiger partial charge is 0.218 e. The highest BCUT2D eigenvalue weighted by Gasteiger charge is 2.09. The molecule has 1 heterocycles. The second kappa shape index (κ2) is 4.26. The first-order valence-corrected chi connectivity index (χ1v) is 6.13. The molecule has 3 aromatic rings. The van der Waals surface area contributed by atoms with Gasteiger partial charge < -0.3 is 0 Å². The summed E-state index contributed by atoms with van der Waals surface area (Å²) in [5.74, 6) is 1.89. The quantitative estimate of drug-likeness (QED) is 0.540. The molecule has 0 spiro atoms. The first kappa shape index (κ1) is 11.0. The van der Waals surface area contributed by atoms with Crippen molar-refractivity contribution in [1.82, 2.24) is 0 Å². The summed E-state index contributed by atoms with van der Waals surface area (Å²) in [6, 6.07) is 19.1. The molecule has 0 bridgehead atoms. The average Bonchev–Trinajstić information content (AvgIpc) is 2.37. The molecule has 3 rings (SSSR count). The van der Waals surface area contributed by atoms with Crippen LogP contribution in [0.25, 0.3) is 21.9 Å². The van der Waals surface area contributed by atoms with Crippen LogP contribution in [0.5, 0.6) is 0 Å². The van der Waals surface area contributed by atoms with Crippen molar-refractivity contribution in [3.63, 3.8) is 0 Å². The van der Waals surface area contributed by atoms with Gasteiger partial charge in [0, 0.05) is 12.1 Å². The monoisotopic (exact) mass is 235 g/mol. The van der Waals surface area contributed by atoms with E-state index in [1.807, 2.05) is 13.8 Å². The topological polar surface area (TPSA) is 11.3 Å². The Labute approximate surface area is 107 Å². The Kier molecular flexibility index (Phi) is 2.60. The van der Waals surface area contributed by atoms with Gasteiger partial charge in [-0.25, -0.2) is 4.42 Å². The molecule has 2 aromatic carbocycles. The zero-order valence-electron chi connectivity index (χ0n) is 10.6. The second-order valence-corrected chi connectivity index (χ2v) is 4.63. The van der Waals surface area contributed by atoms with Crippen LogP contribution in [-0.2, 0) is 0 Å². The van der Waals surface area contributed by atoms with Gasteiger partial charge in [-0.15, -0.1) is 0 Å². The van der Waals surface area contributed by atoms with Crippen molar-refractivity contribution in [2.45, 2.75) is 13.8 Å². The molecule has 0 aliphatic carbocycles. The Balaban J connectivity index is 2.19. The average molecular weight is 235 g/mol. The van der Waals surface area contributed by atoms with E-state index in [1.54, 1.807) is 0 Å². The lowest BCUT2D eigenvalue weighted by molar-refractivity contribution is 0.487. The highest BCUT2D eigenvalue weighted by Crippen LogP contribution is 2.26. The molecule has 18 heavy (non-hydrogen) atoms. The van der Waals surface area contributed by atoms with Crippen molar-refractivity contribution in [1.29, 1.82) is 0 Å². The Morgan fingerprint density at radius 2 is 1.33 bits per heavy atom. The van der Waals surface area contributed by atoms with Crippen LogP contribution in [0.2, 0.25) is 0 Å². The van der Waals surface area contributed by atoms with E-state index in [1.165, 1.54) is 21.9 Å². The number of rotatable bonds is 1. The fourth-order valence-corrected chi connectivity index (χ4v) is 2.33. The maximum atomic E-state index is 5.53. The second-order valence-electron chi connectivity index (χ2n) is 4.63. The predicted octanol–water partition coefficient (Wildman–Crippen LogP) is 5.00. The third-order valence-corrected chi connectivity index (χ3v) is 3.12. The molecule has 0 radical (unpaired) electrons. The highest BCUT2D eigenvalue weighted by molar-refractivity contribution is 5.87. The summed E-state index contributed by atoms with van der Waals surface area (Å²) in [6.45, 7) is 3.97. The van der Waals surface area contributed by atoms with E-state index in [0.717, 1.165) is 11.5 Å². The van der Waals surface area contributed by atoms with Crippen LogP contribution >= 0.6 is 0 Å². The van der Waals surface area contributed by atoms with Crippen molar-refractivity contribution < 1.29 is 4.42 Å². The lowest BCUT2D eigenvalue weighted by Crippen LogP contribution is -1.83. The number of fused-ring (bicyclic) bond motifs is 1. The van der Waals surface area contributed by atoms with Gasteiger partial charge in [-0.05, 0) is 28.0 Å². The number of aryl methyl sites for hydroxylation is 2. The van der Waals surface area contributed by atoms with Crippen LogP contribution in [0.3, 0.4) is 0 Å². The minimum atomic E-state index is 0.943. The zero-order valence-corrected chi connectivity index (χ0v) is 10.6. The summed E-state index contributed by atoms with van der Waals surface area (Å²) in [4.78, 5) is 0. The minimum absolute atomic E-state index is 0.943. The Morgan fingerprint density at radius 3 is 2.06 bits per heavy atom. The van der Waals surface area contributed by atoms with Gasteiger partial charge in [0.2, 0.25) is 0 Å². The molecule has 0 N–H and O–H groups in total. The van der Waals surface area contributed by atoms with Gasteiger partial charge in [-0.3, -0.25) is 0 Å². The Hall–Kier alpha value is -2.15. The van der Waals surface area contributed by atoms with E-state index in [-0.39, 0.29) is 0 Å². The fraction of sp³-hybridized carbons (Fsp3) is 0.118. The summed E-state index contributed by atoms with van der Waals surface area (Å²) in [5.41, 5.74) is 2.44. The van der Waals surface area contributed by atoms with Crippen molar-refractivity contribution >= 4 is 10.8 Å². The van der Waals surface area contributed by atoms with Crippen LogP contribution < -0.4 is 0 Å². The molecule has 1 heteroatoms. The van der Waals surface area contributed by atoms with E-state index >= 15 is 0 Å². The van der Waals surface area contributed by atoms with Crippen LogP contribution in [0.15, 0.2) is 59.0 Å². The highest BCUT2D eigenvalue weighted by atomic mass is 16.3. The third-order valence-electron chi connectivity index (χ3n) is 3.12. The molecule has 0 aliphatic heterocycles. The maximum Gasteiger partial charge on any atom is 0.327 e. The molecule has 0 atom stereocenters. The molecule has 0 unspecified atom stereocenters. The van der Waals surface area contributed by atoms with E-state index in [4.69, 9.17) is 4.42 Å². The summed E-state index contributed by atoms with van der Waals surface area (Å²) in [7, 11) is 0.